The summed E-state index contributed by atoms with van der Waals surface area (Å²) in [5.74, 6) is -4.46. The van der Waals surface area contributed by atoms with Gasteiger partial charge in [-0.05, 0) is 18.0 Å². The summed E-state index contributed by atoms with van der Waals surface area (Å²) in [4.78, 5) is 11.6. The number of benzene rings is 1. The van der Waals surface area contributed by atoms with Crippen LogP contribution in [0.3, 0.4) is 0 Å². The minimum absolute atomic E-state index is 0.0158. The first-order valence-corrected chi connectivity index (χ1v) is 5.92. The number of carbonyl (C=O) groups excluding carboxylic acids is 1. The number of hydrogen-bond donors (Lipinski definition) is 1. The van der Waals surface area contributed by atoms with Crippen molar-refractivity contribution in [3.8, 4) is 0 Å². The summed E-state index contributed by atoms with van der Waals surface area (Å²) < 4.78 is 42.7. The molecule has 1 saturated carbocycles. The zero-order chi connectivity index (χ0) is 14.0. The third kappa shape index (κ3) is 3.07. The molecule has 2 rings (SSSR count). The highest BCUT2D eigenvalue weighted by Crippen LogP contribution is 2.55. The van der Waals surface area contributed by atoms with Gasteiger partial charge in [-0.2, -0.15) is 13.2 Å². The summed E-state index contributed by atoms with van der Waals surface area (Å²) in [7, 11) is 0. The van der Waals surface area contributed by atoms with E-state index in [0.29, 0.717) is 0 Å². The van der Waals surface area contributed by atoms with E-state index in [2.05, 4.69) is 0 Å². The van der Waals surface area contributed by atoms with Crippen LogP contribution in [0.2, 0.25) is 0 Å². The molecule has 1 aliphatic carbocycles. The standard InChI is InChI=1S/C13H14F3NO2/c14-13(15,16)11-9(6-17)10(11)12(18)19-7-8-4-2-1-3-5-8/h1-5,9-11H,6-7,17H2/t9-,10+,11+/m1/s1. The van der Waals surface area contributed by atoms with E-state index in [4.69, 9.17) is 10.5 Å². The lowest BCUT2D eigenvalue weighted by Gasteiger charge is -2.06. The Balaban J connectivity index is 1.91. The zero-order valence-electron chi connectivity index (χ0n) is 10.1. The first-order chi connectivity index (χ1) is 8.95. The predicted molar refractivity (Wildman–Crippen MR) is 61.8 cm³/mol. The van der Waals surface area contributed by atoms with Gasteiger partial charge in [-0.25, -0.2) is 0 Å². The number of carbonyl (C=O) groups is 1. The lowest BCUT2D eigenvalue weighted by molar-refractivity contribution is -0.164. The van der Waals surface area contributed by atoms with Crippen LogP contribution in [-0.2, 0) is 16.1 Å². The molecule has 6 heteroatoms. The molecule has 0 heterocycles. The van der Waals surface area contributed by atoms with Gasteiger partial charge in [-0.15, -0.1) is 0 Å². The van der Waals surface area contributed by atoms with E-state index in [1.165, 1.54) is 0 Å². The van der Waals surface area contributed by atoms with Crippen LogP contribution < -0.4 is 5.73 Å². The molecule has 0 bridgehead atoms. The summed E-state index contributed by atoms with van der Waals surface area (Å²) in [6, 6.07) is 8.81. The molecule has 1 aliphatic rings. The maximum absolute atomic E-state index is 12.6. The first-order valence-electron chi connectivity index (χ1n) is 5.92. The van der Waals surface area contributed by atoms with Gasteiger partial charge >= 0.3 is 12.1 Å². The second kappa shape index (κ2) is 5.21. The first kappa shape index (κ1) is 13.9. The quantitative estimate of drug-likeness (QED) is 0.855. The molecule has 104 valence electrons. The van der Waals surface area contributed by atoms with Gasteiger partial charge in [0.05, 0.1) is 11.8 Å². The van der Waals surface area contributed by atoms with Crippen LogP contribution in [0.25, 0.3) is 0 Å². The monoisotopic (exact) mass is 273 g/mol. The van der Waals surface area contributed by atoms with Crippen molar-refractivity contribution in [3.63, 3.8) is 0 Å². The summed E-state index contributed by atoms with van der Waals surface area (Å²) in [5.41, 5.74) is 5.99. The molecular weight excluding hydrogens is 259 g/mol. The van der Waals surface area contributed by atoms with Gasteiger partial charge in [0.25, 0.3) is 0 Å². The topological polar surface area (TPSA) is 52.3 Å². The average molecular weight is 273 g/mol. The molecule has 0 unspecified atom stereocenters. The fourth-order valence-electron chi connectivity index (χ4n) is 2.26. The lowest BCUT2D eigenvalue weighted by Crippen LogP contribution is -2.17. The highest BCUT2D eigenvalue weighted by atomic mass is 19.4. The summed E-state index contributed by atoms with van der Waals surface area (Å²) in [6.07, 6.45) is -4.39. The Morgan fingerprint density at radius 1 is 1.26 bits per heavy atom. The van der Waals surface area contributed by atoms with Crippen molar-refractivity contribution in [3.05, 3.63) is 35.9 Å². The Kier molecular flexibility index (Phi) is 3.80. The number of halogens is 3. The van der Waals surface area contributed by atoms with E-state index in [-0.39, 0.29) is 13.2 Å². The van der Waals surface area contributed by atoms with E-state index in [1.807, 2.05) is 0 Å². The normalized spacial score (nSPS) is 26.0. The molecule has 2 N–H and O–H groups in total. The van der Waals surface area contributed by atoms with Gasteiger partial charge in [-0.1, -0.05) is 30.3 Å². The van der Waals surface area contributed by atoms with Gasteiger partial charge in [0.15, 0.2) is 0 Å². The molecule has 0 radical (unpaired) electrons. The van der Waals surface area contributed by atoms with Crippen LogP contribution in [0.1, 0.15) is 5.56 Å². The smallest absolute Gasteiger partial charge is 0.393 e. The predicted octanol–water partition coefficient (Wildman–Crippen LogP) is 2.11. The average Bonchev–Trinajstić information content (AvgIpc) is 3.11. The van der Waals surface area contributed by atoms with E-state index in [0.717, 1.165) is 5.56 Å². The Labute approximate surface area is 108 Å². The highest BCUT2D eigenvalue weighted by Gasteiger charge is 2.67. The van der Waals surface area contributed by atoms with E-state index in [9.17, 15) is 18.0 Å². The maximum Gasteiger partial charge on any atom is 0.393 e. The fourth-order valence-corrected chi connectivity index (χ4v) is 2.26. The third-order valence-electron chi connectivity index (χ3n) is 3.31. The number of rotatable bonds is 4. The molecule has 1 aromatic carbocycles. The number of alkyl halides is 3. The van der Waals surface area contributed by atoms with Gasteiger partial charge < -0.3 is 10.5 Å². The Bertz CT molecular complexity index is 447. The Morgan fingerprint density at radius 2 is 1.89 bits per heavy atom. The van der Waals surface area contributed by atoms with Crippen molar-refractivity contribution in [1.29, 1.82) is 0 Å². The van der Waals surface area contributed by atoms with Gasteiger partial charge in [0, 0.05) is 0 Å². The van der Waals surface area contributed by atoms with Crippen molar-refractivity contribution < 1.29 is 22.7 Å². The van der Waals surface area contributed by atoms with Crippen LogP contribution in [0.4, 0.5) is 13.2 Å². The minimum Gasteiger partial charge on any atom is -0.461 e. The number of ether oxygens (including phenoxy) is 1. The van der Waals surface area contributed by atoms with Crippen LogP contribution in [0.5, 0.6) is 0 Å². The van der Waals surface area contributed by atoms with Crippen molar-refractivity contribution in [2.45, 2.75) is 12.8 Å². The SMILES string of the molecule is NC[C@@H]1[C@H](C(=O)OCc2ccccc2)[C@H]1C(F)(F)F. The molecule has 3 atom stereocenters. The largest absolute Gasteiger partial charge is 0.461 e. The van der Waals surface area contributed by atoms with Crippen molar-refractivity contribution >= 4 is 5.97 Å². The minimum atomic E-state index is -4.39. The molecule has 0 amide bonds. The highest BCUT2D eigenvalue weighted by molar-refractivity contribution is 5.76. The van der Waals surface area contributed by atoms with Crippen LogP contribution >= 0.6 is 0 Å². The van der Waals surface area contributed by atoms with Crippen LogP contribution in [0, 0.1) is 17.8 Å². The van der Waals surface area contributed by atoms with E-state index < -0.39 is 29.9 Å². The molecule has 19 heavy (non-hydrogen) atoms. The molecule has 0 spiro atoms. The molecule has 0 aromatic heterocycles. The fraction of sp³-hybridized carbons (Fsp3) is 0.462. The molecule has 3 nitrogen and oxygen atoms in total. The zero-order valence-corrected chi connectivity index (χ0v) is 10.1. The van der Waals surface area contributed by atoms with Gasteiger partial charge in [0.1, 0.15) is 6.61 Å². The van der Waals surface area contributed by atoms with Crippen LogP contribution in [0.15, 0.2) is 30.3 Å². The molecule has 1 aromatic rings. The van der Waals surface area contributed by atoms with Crippen molar-refractivity contribution in [2.75, 3.05) is 6.54 Å². The number of nitrogens with two attached hydrogens (primary N) is 1. The van der Waals surface area contributed by atoms with Crippen molar-refractivity contribution in [2.24, 2.45) is 23.5 Å². The summed E-state index contributed by atoms with van der Waals surface area (Å²) >= 11 is 0. The molecule has 1 fully saturated rings. The Hall–Kier alpha value is -1.56. The molecule has 0 saturated heterocycles. The van der Waals surface area contributed by atoms with E-state index in [1.54, 1.807) is 30.3 Å². The molecule has 0 aliphatic heterocycles. The second-order valence-corrected chi connectivity index (χ2v) is 4.59. The Morgan fingerprint density at radius 3 is 2.37 bits per heavy atom. The maximum atomic E-state index is 12.6. The third-order valence-corrected chi connectivity index (χ3v) is 3.31. The second-order valence-electron chi connectivity index (χ2n) is 4.59. The van der Waals surface area contributed by atoms with E-state index >= 15 is 0 Å². The number of hydrogen-bond acceptors (Lipinski definition) is 3. The van der Waals surface area contributed by atoms with Crippen molar-refractivity contribution in [1.82, 2.24) is 0 Å². The lowest BCUT2D eigenvalue weighted by atomic mass is 10.2. The number of esters is 1. The van der Waals surface area contributed by atoms with Gasteiger partial charge in [0.2, 0.25) is 0 Å². The summed E-state index contributed by atoms with van der Waals surface area (Å²) in [5, 5.41) is 0. The van der Waals surface area contributed by atoms with Gasteiger partial charge in [-0.3, -0.25) is 4.79 Å². The molecular formula is C13H14F3NO2. The summed E-state index contributed by atoms with van der Waals surface area (Å²) in [6.45, 7) is -0.173. The van der Waals surface area contributed by atoms with Crippen LogP contribution in [-0.4, -0.2) is 18.7 Å².